The first-order valence-corrected chi connectivity index (χ1v) is 5.87. The van der Waals surface area contributed by atoms with Crippen LogP contribution in [0.5, 0.6) is 5.75 Å². The number of aromatic amines is 1. The van der Waals surface area contributed by atoms with Crippen molar-refractivity contribution in [3.05, 3.63) is 23.3 Å². The first-order valence-electron chi connectivity index (χ1n) is 5.87. The highest BCUT2D eigenvalue weighted by molar-refractivity contribution is 5.62. The highest BCUT2D eigenvalue weighted by Crippen LogP contribution is 2.28. The summed E-state index contributed by atoms with van der Waals surface area (Å²) in [7, 11) is 0. The number of hydrogen-bond acceptors (Lipinski definition) is 7. The maximum atomic E-state index is 9.76. The average Bonchev–Trinajstić information content (AvgIpc) is 3.03. The average molecular weight is 272 g/mol. The van der Waals surface area contributed by atoms with E-state index in [9.17, 15) is 5.11 Å². The van der Waals surface area contributed by atoms with Crippen molar-refractivity contribution < 1.29 is 9.63 Å². The van der Waals surface area contributed by atoms with Crippen LogP contribution < -0.4 is 5.73 Å². The second kappa shape index (κ2) is 4.34. The molecule has 1 aromatic carbocycles. The van der Waals surface area contributed by atoms with Crippen LogP contribution in [0.3, 0.4) is 0 Å². The van der Waals surface area contributed by atoms with Crippen molar-refractivity contribution in [1.82, 2.24) is 25.3 Å². The van der Waals surface area contributed by atoms with E-state index in [0.29, 0.717) is 11.6 Å². The molecule has 3 rings (SSSR count). The molecule has 0 fully saturated rings. The lowest BCUT2D eigenvalue weighted by atomic mass is 10.1. The highest BCUT2D eigenvalue weighted by Gasteiger charge is 2.15. The standard InChI is InChI=1S/C12H12N6O2/c1-5-3-7(4-6(2)8(5)19)9-14-11(20-18-9)10-15-12(13)17-16-10/h3-4,19H,1-2H3,(H3,13,15,16,17). The van der Waals surface area contributed by atoms with Crippen molar-refractivity contribution in [3.8, 4) is 28.9 Å². The van der Waals surface area contributed by atoms with Gasteiger partial charge >= 0.3 is 0 Å². The highest BCUT2D eigenvalue weighted by atomic mass is 16.5. The first kappa shape index (κ1) is 12.2. The SMILES string of the molecule is Cc1cc(-c2noc(-c3nc(N)n[nH]3)n2)cc(C)c1O. The van der Waals surface area contributed by atoms with Crippen molar-refractivity contribution in [2.24, 2.45) is 0 Å². The Bertz CT molecular complexity index is 753. The summed E-state index contributed by atoms with van der Waals surface area (Å²) in [6, 6.07) is 3.57. The summed E-state index contributed by atoms with van der Waals surface area (Å²) in [4.78, 5) is 8.14. The van der Waals surface area contributed by atoms with Crippen molar-refractivity contribution in [2.45, 2.75) is 13.8 Å². The fourth-order valence-electron chi connectivity index (χ4n) is 1.89. The smallest absolute Gasteiger partial charge is 0.295 e. The molecule has 0 spiro atoms. The molecule has 0 radical (unpaired) electrons. The van der Waals surface area contributed by atoms with E-state index in [-0.39, 0.29) is 17.6 Å². The van der Waals surface area contributed by atoms with Gasteiger partial charge in [-0.1, -0.05) is 5.16 Å². The molecule has 2 aromatic heterocycles. The van der Waals surface area contributed by atoms with Gasteiger partial charge in [0.15, 0.2) is 0 Å². The summed E-state index contributed by atoms with van der Waals surface area (Å²) < 4.78 is 5.12. The summed E-state index contributed by atoms with van der Waals surface area (Å²) in [6.45, 7) is 3.62. The fourth-order valence-corrected chi connectivity index (χ4v) is 1.89. The molecule has 0 bridgehead atoms. The zero-order chi connectivity index (χ0) is 14.3. The van der Waals surface area contributed by atoms with Gasteiger partial charge in [0.25, 0.3) is 5.89 Å². The molecule has 3 aromatic rings. The molecule has 0 aliphatic heterocycles. The minimum absolute atomic E-state index is 0.107. The van der Waals surface area contributed by atoms with E-state index in [1.807, 2.05) is 13.8 Å². The van der Waals surface area contributed by atoms with Crippen LogP contribution in [-0.2, 0) is 0 Å². The van der Waals surface area contributed by atoms with Crippen LogP contribution in [0.2, 0.25) is 0 Å². The topological polar surface area (TPSA) is 127 Å². The molecular formula is C12H12N6O2. The Hall–Kier alpha value is -2.90. The van der Waals surface area contributed by atoms with E-state index in [0.717, 1.165) is 16.7 Å². The monoisotopic (exact) mass is 272 g/mol. The lowest BCUT2D eigenvalue weighted by molar-refractivity contribution is 0.429. The van der Waals surface area contributed by atoms with Crippen LogP contribution in [0.25, 0.3) is 23.1 Å². The molecule has 4 N–H and O–H groups in total. The summed E-state index contributed by atoms with van der Waals surface area (Å²) in [5.74, 6) is 1.29. The second-order valence-corrected chi connectivity index (χ2v) is 4.42. The van der Waals surface area contributed by atoms with Gasteiger partial charge in [0.2, 0.25) is 17.6 Å². The number of hydrogen-bond donors (Lipinski definition) is 3. The summed E-state index contributed by atoms with van der Waals surface area (Å²) >= 11 is 0. The Balaban J connectivity index is 2.02. The van der Waals surface area contributed by atoms with Gasteiger partial charge in [-0.25, -0.2) is 0 Å². The van der Waals surface area contributed by atoms with Gasteiger partial charge in [-0.3, -0.25) is 5.10 Å². The molecule has 0 unspecified atom stereocenters. The molecule has 0 saturated carbocycles. The molecule has 0 aliphatic rings. The van der Waals surface area contributed by atoms with Gasteiger partial charge in [0, 0.05) is 5.56 Å². The molecular weight excluding hydrogens is 260 g/mol. The van der Waals surface area contributed by atoms with Crippen molar-refractivity contribution in [3.63, 3.8) is 0 Å². The summed E-state index contributed by atoms with van der Waals surface area (Å²) in [6.07, 6.45) is 0. The number of rotatable bonds is 2. The van der Waals surface area contributed by atoms with E-state index >= 15 is 0 Å². The third-order valence-electron chi connectivity index (χ3n) is 2.88. The number of aromatic hydroxyl groups is 1. The molecule has 0 aliphatic carbocycles. The molecule has 2 heterocycles. The Morgan fingerprint density at radius 1 is 1.20 bits per heavy atom. The third-order valence-corrected chi connectivity index (χ3v) is 2.88. The van der Waals surface area contributed by atoms with Gasteiger partial charge in [-0.15, -0.1) is 5.10 Å². The van der Waals surface area contributed by atoms with Crippen molar-refractivity contribution in [1.29, 1.82) is 0 Å². The fraction of sp³-hybridized carbons (Fsp3) is 0.167. The van der Waals surface area contributed by atoms with E-state index < -0.39 is 0 Å². The number of phenols is 1. The quantitative estimate of drug-likeness (QED) is 0.643. The van der Waals surface area contributed by atoms with Crippen LogP contribution >= 0.6 is 0 Å². The molecule has 8 heteroatoms. The van der Waals surface area contributed by atoms with Crippen molar-refractivity contribution in [2.75, 3.05) is 5.73 Å². The number of nitrogens with one attached hydrogen (secondary N) is 1. The van der Waals surface area contributed by atoms with E-state index in [4.69, 9.17) is 10.3 Å². The Kier molecular flexibility index (Phi) is 2.63. The predicted octanol–water partition coefficient (Wildman–Crippen LogP) is 1.43. The number of aromatic nitrogens is 5. The summed E-state index contributed by atoms with van der Waals surface area (Å²) in [5.41, 5.74) is 7.66. The van der Waals surface area contributed by atoms with Crippen LogP contribution in [0.4, 0.5) is 5.95 Å². The molecule has 102 valence electrons. The minimum atomic E-state index is 0.107. The number of nitrogen functional groups attached to an aromatic ring is 1. The van der Waals surface area contributed by atoms with Crippen molar-refractivity contribution >= 4 is 5.95 Å². The zero-order valence-electron chi connectivity index (χ0n) is 10.9. The molecule has 0 atom stereocenters. The predicted molar refractivity (Wildman–Crippen MR) is 70.7 cm³/mol. The first-order chi connectivity index (χ1) is 9.54. The Morgan fingerprint density at radius 3 is 2.50 bits per heavy atom. The number of H-pyrrole nitrogens is 1. The van der Waals surface area contributed by atoms with E-state index in [1.54, 1.807) is 12.1 Å². The maximum Gasteiger partial charge on any atom is 0.295 e. The third kappa shape index (κ3) is 1.96. The normalized spacial score (nSPS) is 10.9. The van der Waals surface area contributed by atoms with Gasteiger partial charge < -0.3 is 15.4 Å². The molecule has 20 heavy (non-hydrogen) atoms. The number of anilines is 1. The maximum absolute atomic E-state index is 9.76. The van der Waals surface area contributed by atoms with Gasteiger partial charge in [0.05, 0.1) is 0 Å². The van der Waals surface area contributed by atoms with Crippen LogP contribution in [0.15, 0.2) is 16.7 Å². The Morgan fingerprint density at radius 2 is 1.90 bits per heavy atom. The molecule has 0 saturated heterocycles. The number of phenolic OH excluding ortho intramolecular Hbond substituents is 1. The van der Waals surface area contributed by atoms with E-state index in [1.165, 1.54) is 0 Å². The molecule has 0 amide bonds. The van der Waals surface area contributed by atoms with Crippen LogP contribution in [-0.4, -0.2) is 30.4 Å². The van der Waals surface area contributed by atoms with Crippen LogP contribution in [0.1, 0.15) is 11.1 Å². The number of nitrogens with two attached hydrogens (primary N) is 1. The van der Waals surface area contributed by atoms with Gasteiger partial charge in [0.1, 0.15) is 5.75 Å². The number of nitrogens with zero attached hydrogens (tertiary/aromatic N) is 4. The molecule has 8 nitrogen and oxygen atoms in total. The van der Waals surface area contributed by atoms with Gasteiger partial charge in [-0.2, -0.15) is 9.97 Å². The second-order valence-electron chi connectivity index (χ2n) is 4.42. The largest absolute Gasteiger partial charge is 0.507 e. The minimum Gasteiger partial charge on any atom is -0.507 e. The lowest BCUT2D eigenvalue weighted by Crippen LogP contribution is -1.87. The number of benzene rings is 1. The Labute approximate surface area is 113 Å². The van der Waals surface area contributed by atoms with E-state index in [2.05, 4.69) is 25.3 Å². The number of aryl methyl sites for hydroxylation is 2. The zero-order valence-corrected chi connectivity index (χ0v) is 10.9. The summed E-state index contributed by atoms with van der Waals surface area (Å²) in [5, 5.41) is 19.9. The van der Waals surface area contributed by atoms with Gasteiger partial charge in [-0.05, 0) is 37.1 Å². The van der Waals surface area contributed by atoms with Crippen LogP contribution in [0, 0.1) is 13.8 Å². The lowest BCUT2D eigenvalue weighted by Gasteiger charge is -2.04.